The van der Waals surface area contributed by atoms with Crippen molar-refractivity contribution in [2.75, 3.05) is 11.9 Å². The molecule has 5 rings (SSSR count). The van der Waals surface area contributed by atoms with Gasteiger partial charge in [0.05, 0.1) is 16.8 Å². The first-order valence-corrected chi connectivity index (χ1v) is 12.4. The molecule has 0 saturated carbocycles. The predicted octanol–water partition coefficient (Wildman–Crippen LogP) is 6.88. The Bertz CT molecular complexity index is 1360. The van der Waals surface area contributed by atoms with Gasteiger partial charge in [0.1, 0.15) is 11.6 Å². The maximum absolute atomic E-state index is 13.5. The Kier molecular flexibility index (Phi) is 6.99. The number of benzene rings is 3. The number of carbonyl (C=O) groups excluding carboxylic acids is 1. The first-order valence-electron chi connectivity index (χ1n) is 11.6. The van der Waals surface area contributed by atoms with Crippen LogP contribution < -0.4 is 15.5 Å². The van der Waals surface area contributed by atoms with Crippen LogP contribution in [0.25, 0.3) is 0 Å². The summed E-state index contributed by atoms with van der Waals surface area (Å²) in [7, 11) is 0. The zero-order valence-electron chi connectivity index (χ0n) is 19.5. The van der Waals surface area contributed by atoms with E-state index in [1.165, 1.54) is 17.7 Å². The average Bonchev–Trinajstić information content (AvgIpc) is 3.37. The van der Waals surface area contributed by atoms with Gasteiger partial charge in [0.15, 0.2) is 6.61 Å². The Hall–Kier alpha value is -3.35. The van der Waals surface area contributed by atoms with Gasteiger partial charge in [-0.05, 0) is 78.4 Å². The van der Waals surface area contributed by atoms with Crippen molar-refractivity contribution in [2.24, 2.45) is 11.0 Å². The normalized spacial score (nSPS) is 20.3. The minimum Gasteiger partial charge on any atom is -0.482 e. The van der Waals surface area contributed by atoms with Crippen molar-refractivity contribution in [1.82, 2.24) is 5.43 Å². The zero-order valence-corrected chi connectivity index (χ0v) is 21.0. The quantitative estimate of drug-likeness (QED) is 0.210. The maximum atomic E-state index is 13.5. The second-order valence-corrected chi connectivity index (χ2v) is 9.77. The molecular weight excluding hydrogens is 500 g/mol. The highest BCUT2D eigenvalue weighted by Gasteiger charge is 2.38. The number of halogens is 3. The summed E-state index contributed by atoms with van der Waals surface area (Å²) in [5.74, 6) is 0.323. The molecule has 0 unspecified atom stereocenters. The molecule has 8 heteroatoms. The molecule has 5 nitrogen and oxygen atoms in total. The first-order chi connectivity index (χ1) is 17.4. The SMILES string of the molecule is C/C(=N/NC(=O)COc1ccc(Cl)cc1Cl)c1ccc2c(c1)[C@@H]1C=CC[C@@H]1[C@H](c1ccc(F)cc1)N2. The molecule has 2 aliphatic rings. The number of carbonyl (C=O) groups is 1. The fraction of sp³-hybridized carbons (Fsp3) is 0.214. The van der Waals surface area contributed by atoms with Gasteiger partial charge in [-0.25, -0.2) is 9.82 Å². The van der Waals surface area contributed by atoms with Crippen LogP contribution in [0.5, 0.6) is 5.75 Å². The maximum Gasteiger partial charge on any atom is 0.277 e. The summed E-state index contributed by atoms with van der Waals surface area (Å²) in [6, 6.07) is 17.8. The fourth-order valence-corrected chi connectivity index (χ4v) is 5.26. The second-order valence-electron chi connectivity index (χ2n) is 8.92. The van der Waals surface area contributed by atoms with Crippen LogP contribution in [0.2, 0.25) is 10.0 Å². The van der Waals surface area contributed by atoms with Crippen molar-refractivity contribution in [2.45, 2.75) is 25.3 Å². The van der Waals surface area contributed by atoms with E-state index in [1.54, 1.807) is 18.2 Å². The lowest BCUT2D eigenvalue weighted by Gasteiger charge is -2.37. The van der Waals surface area contributed by atoms with Crippen LogP contribution in [0.4, 0.5) is 10.1 Å². The Morgan fingerprint density at radius 2 is 1.94 bits per heavy atom. The summed E-state index contributed by atoms with van der Waals surface area (Å²) in [4.78, 5) is 12.2. The molecule has 36 heavy (non-hydrogen) atoms. The van der Waals surface area contributed by atoms with Gasteiger partial charge < -0.3 is 10.1 Å². The number of allylic oxidation sites excluding steroid dienone is 2. The van der Waals surface area contributed by atoms with E-state index in [1.807, 2.05) is 31.2 Å². The van der Waals surface area contributed by atoms with Crippen molar-refractivity contribution in [1.29, 1.82) is 0 Å². The topological polar surface area (TPSA) is 62.7 Å². The van der Waals surface area contributed by atoms with Gasteiger partial charge in [0.2, 0.25) is 0 Å². The molecule has 3 aromatic rings. The van der Waals surface area contributed by atoms with E-state index in [0.29, 0.717) is 27.4 Å². The monoisotopic (exact) mass is 523 g/mol. The minimum absolute atomic E-state index is 0.104. The molecule has 1 heterocycles. The van der Waals surface area contributed by atoms with E-state index in [9.17, 15) is 9.18 Å². The number of ether oxygens (including phenoxy) is 1. The van der Waals surface area contributed by atoms with E-state index in [0.717, 1.165) is 23.2 Å². The van der Waals surface area contributed by atoms with Gasteiger partial charge in [0, 0.05) is 16.6 Å². The highest BCUT2D eigenvalue weighted by molar-refractivity contribution is 6.35. The van der Waals surface area contributed by atoms with Gasteiger partial charge in [-0.3, -0.25) is 4.79 Å². The third-order valence-corrected chi connectivity index (χ3v) is 7.14. The van der Waals surface area contributed by atoms with Gasteiger partial charge in [-0.15, -0.1) is 0 Å². The summed E-state index contributed by atoms with van der Waals surface area (Å²) in [5.41, 5.74) is 7.44. The number of rotatable bonds is 6. The number of nitrogens with zero attached hydrogens (tertiary/aromatic N) is 1. The largest absolute Gasteiger partial charge is 0.482 e. The van der Waals surface area contributed by atoms with Gasteiger partial charge in [-0.2, -0.15) is 5.10 Å². The molecule has 184 valence electrons. The minimum atomic E-state index is -0.402. The second kappa shape index (κ2) is 10.3. The third kappa shape index (κ3) is 5.11. The first kappa shape index (κ1) is 24.3. The number of nitrogens with one attached hydrogen (secondary N) is 2. The molecule has 1 aliphatic carbocycles. The van der Waals surface area contributed by atoms with Crippen molar-refractivity contribution < 1.29 is 13.9 Å². The lowest BCUT2D eigenvalue weighted by atomic mass is 9.76. The molecule has 0 spiro atoms. The number of fused-ring (bicyclic) bond motifs is 3. The Balaban J connectivity index is 1.28. The molecular formula is C28H24Cl2FN3O2. The van der Waals surface area contributed by atoms with Crippen LogP contribution in [0, 0.1) is 11.7 Å². The molecule has 0 fully saturated rings. The molecule has 0 radical (unpaired) electrons. The van der Waals surface area contributed by atoms with Crippen molar-refractivity contribution in [3.8, 4) is 5.75 Å². The molecule has 0 aromatic heterocycles. The van der Waals surface area contributed by atoms with Crippen molar-refractivity contribution >= 4 is 40.5 Å². The summed E-state index contributed by atoms with van der Waals surface area (Å²) in [6.07, 6.45) is 5.41. The summed E-state index contributed by atoms with van der Waals surface area (Å²) < 4.78 is 18.9. The summed E-state index contributed by atoms with van der Waals surface area (Å²) >= 11 is 12.0. The van der Waals surface area contributed by atoms with E-state index in [2.05, 4.69) is 34.1 Å². The summed E-state index contributed by atoms with van der Waals surface area (Å²) in [6.45, 7) is 1.62. The van der Waals surface area contributed by atoms with Gasteiger partial charge in [0.25, 0.3) is 5.91 Å². The Labute approximate surface area is 219 Å². The van der Waals surface area contributed by atoms with Crippen LogP contribution >= 0.6 is 23.2 Å². The highest BCUT2D eigenvalue weighted by Crippen LogP contribution is 2.50. The van der Waals surface area contributed by atoms with E-state index >= 15 is 0 Å². The number of amides is 1. The summed E-state index contributed by atoms with van der Waals surface area (Å²) in [5, 5.41) is 8.73. The van der Waals surface area contributed by atoms with Crippen molar-refractivity contribution in [3.63, 3.8) is 0 Å². The van der Waals surface area contributed by atoms with Crippen molar-refractivity contribution in [3.05, 3.63) is 105 Å². The van der Waals surface area contributed by atoms with Gasteiger partial charge in [-0.1, -0.05) is 53.6 Å². The lowest BCUT2D eigenvalue weighted by Crippen LogP contribution is -2.29. The zero-order chi connectivity index (χ0) is 25.2. The lowest BCUT2D eigenvalue weighted by molar-refractivity contribution is -0.123. The molecule has 0 saturated heterocycles. The molecule has 0 bridgehead atoms. The smallest absolute Gasteiger partial charge is 0.277 e. The Morgan fingerprint density at radius 3 is 2.72 bits per heavy atom. The van der Waals surface area contributed by atoms with Gasteiger partial charge >= 0.3 is 0 Å². The number of anilines is 1. The van der Waals surface area contributed by atoms with Crippen LogP contribution in [0.1, 0.15) is 42.0 Å². The highest BCUT2D eigenvalue weighted by atomic mass is 35.5. The number of hydrogen-bond acceptors (Lipinski definition) is 4. The van der Waals surface area contributed by atoms with Crippen LogP contribution in [-0.2, 0) is 4.79 Å². The van der Waals surface area contributed by atoms with E-state index in [-0.39, 0.29) is 24.4 Å². The average molecular weight is 524 g/mol. The standard InChI is InChI=1S/C28H24Cl2FN3O2/c1-16(33-34-27(35)15-36-26-12-8-19(29)14-24(26)30)18-7-11-25-23(13-18)21-3-2-4-22(21)28(32-25)17-5-9-20(31)10-6-17/h2-3,5-14,21-22,28,32H,4,15H2,1H3,(H,34,35)/b33-16-/t21-,22+,28+/m1/s1. The van der Waals surface area contributed by atoms with E-state index < -0.39 is 5.91 Å². The molecule has 2 N–H and O–H groups in total. The third-order valence-electron chi connectivity index (χ3n) is 6.61. The van der Waals surface area contributed by atoms with E-state index in [4.69, 9.17) is 27.9 Å². The van der Waals surface area contributed by atoms with Crippen LogP contribution in [-0.4, -0.2) is 18.2 Å². The van der Waals surface area contributed by atoms with Crippen LogP contribution in [0.15, 0.2) is 77.9 Å². The number of hydrogen-bond donors (Lipinski definition) is 2. The van der Waals surface area contributed by atoms with Crippen LogP contribution in [0.3, 0.4) is 0 Å². The molecule has 1 amide bonds. The molecule has 1 aliphatic heterocycles. The number of hydrazone groups is 1. The molecule has 3 aromatic carbocycles. The molecule has 3 atom stereocenters. The predicted molar refractivity (Wildman–Crippen MR) is 142 cm³/mol. The Morgan fingerprint density at radius 1 is 1.14 bits per heavy atom. The fourth-order valence-electron chi connectivity index (χ4n) is 4.80.